The number of nitrogens with one attached hydrogen (secondary N) is 1. The predicted octanol–water partition coefficient (Wildman–Crippen LogP) is 0.258. The fourth-order valence-corrected chi connectivity index (χ4v) is 2.62. The summed E-state index contributed by atoms with van der Waals surface area (Å²) in [6.45, 7) is 5.43. The summed E-state index contributed by atoms with van der Waals surface area (Å²) in [4.78, 5) is 23.5. The lowest BCUT2D eigenvalue weighted by atomic mass is 9.88. The number of ether oxygens (including phenoxy) is 2. The minimum atomic E-state index is -0.616. The third-order valence-corrected chi connectivity index (χ3v) is 3.91. The zero-order valence-corrected chi connectivity index (χ0v) is 14.1. The Bertz CT molecular complexity index is 434. The molecule has 1 amide bonds. The molecule has 23 heavy (non-hydrogen) atoms. The molecule has 0 saturated heterocycles. The van der Waals surface area contributed by atoms with Crippen LogP contribution in [0.15, 0.2) is 11.6 Å². The lowest BCUT2D eigenvalue weighted by Gasteiger charge is -2.36. The molecule has 0 unspecified atom stereocenters. The summed E-state index contributed by atoms with van der Waals surface area (Å²) in [6.07, 6.45) is 3.06. The molecule has 7 nitrogen and oxygen atoms in total. The van der Waals surface area contributed by atoms with E-state index in [9.17, 15) is 9.59 Å². The molecule has 7 heteroatoms. The van der Waals surface area contributed by atoms with Crippen molar-refractivity contribution in [1.29, 1.82) is 0 Å². The maximum atomic E-state index is 12.0. The van der Waals surface area contributed by atoms with Crippen LogP contribution in [0.25, 0.3) is 0 Å². The zero-order valence-electron chi connectivity index (χ0n) is 14.1. The predicted molar refractivity (Wildman–Crippen MR) is 85.6 cm³/mol. The molecule has 4 N–H and O–H groups in total. The summed E-state index contributed by atoms with van der Waals surface area (Å²) < 4.78 is 11.0. The minimum Gasteiger partial charge on any atom is -0.463 e. The summed E-state index contributed by atoms with van der Waals surface area (Å²) in [5.41, 5.74) is 6.59. The topological polar surface area (TPSA) is 111 Å². The van der Waals surface area contributed by atoms with Crippen LogP contribution < -0.4 is 11.1 Å². The van der Waals surface area contributed by atoms with E-state index in [4.69, 9.17) is 20.3 Å². The van der Waals surface area contributed by atoms with Crippen LogP contribution in [0.1, 0.15) is 40.0 Å². The fraction of sp³-hybridized carbons (Fsp3) is 0.750. The minimum absolute atomic E-state index is 0.00137. The highest BCUT2D eigenvalue weighted by atomic mass is 16.5. The Morgan fingerprint density at radius 2 is 2.04 bits per heavy atom. The molecule has 1 aliphatic rings. The molecule has 3 atom stereocenters. The van der Waals surface area contributed by atoms with Crippen LogP contribution in [0.3, 0.4) is 0 Å². The van der Waals surface area contributed by atoms with Gasteiger partial charge in [0.05, 0.1) is 24.9 Å². The summed E-state index contributed by atoms with van der Waals surface area (Å²) in [7, 11) is 0. The summed E-state index contributed by atoms with van der Waals surface area (Å²) in [5, 5.41) is 11.6. The maximum Gasteiger partial charge on any atom is 0.333 e. The summed E-state index contributed by atoms with van der Waals surface area (Å²) >= 11 is 0. The van der Waals surface area contributed by atoms with E-state index in [0.29, 0.717) is 5.57 Å². The van der Waals surface area contributed by atoms with Crippen molar-refractivity contribution < 1.29 is 24.2 Å². The van der Waals surface area contributed by atoms with Crippen LogP contribution in [0.4, 0.5) is 0 Å². The first-order chi connectivity index (χ1) is 11.0. The number of carbonyl (C=O) groups excluding carboxylic acids is 2. The van der Waals surface area contributed by atoms with Gasteiger partial charge in [0.15, 0.2) is 0 Å². The van der Waals surface area contributed by atoms with E-state index >= 15 is 0 Å². The third-order valence-electron chi connectivity index (χ3n) is 3.91. The number of aliphatic hydroxyl groups is 1. The van der Waals surface area contributed by atoms with E-state index < -0.39 is 36.7 Å². The number of rotatable bonds is 8. The molecule has 0 bridgehead atoms. The molecule has 0 aromatic carbocycles. The Hall–Kier alpha value is -1.44. The van der Waals surface area contributed by atoms with E-state index in [1.807, 2.05) is 13.8 Å². The molecule has 0 aromatic rings. The van der Waals surface area contributed by atoms with E-state index in [1.54, 1.807) is 13.0 Å². The van der Waals surface area contributed by atoms with Gasteiger partial charge in [-0.3, -0.25) is 4.79 Å². The number of esters is 1. The van der Waals surface area contributed by atoms with E-state index in [1.165, 1.54) is 0 Å². The highest BCUT2D eigenvalue weighted by molar-refractivity contribution is 5.89. The monoisotopic (exact) mass is 328 g/mol. The van der Waals surface area contributed by atoms with Gasteiger partial charge >= 0.3 is 5.97 Å². The smallest absolute Gasteiger partial charge is 0.333 e. The van der Waals surface area contributed by atoms with Gasteiger partial charge in [-0.15, -0.1) is 0 Å². The second-order valence-corrected chi connectivity index (χ2v) is 5.57. The number of amides is 1. The lowest BCUT2D eigenvalue weighted by Crippen LogP contribution is -2.57. The third kappa shape index (κ3) is 5.60. The van der Waals surface area contributed by atoms with Crippen molar-refractivity contribution in [3.8, 4) is 0 Å². The number of hydrogen-bond donors (Lipinski definition) is 3. The molecular weight excluding hydrogens is 300 g/mol. The Labute approximate surface area is 137 Å². The second kappa shape index (κ2) is 9.64. The number of nitrogens with two attached hydrogens (primary N) is 1. The molecule has 132 valence electrons. The molecule has 0 aromatic heterocycles. The van der Waals surface area contributed by atoms with Gasteiger partial charge < -0.3 is 25.6 Å². The normalized spacial score (nSPS) is 24.3. The van der Waals surface area contributed by atoms with Crippen LogP contribution in [0.2, 0.25) is 0 Å². The van der Waals surface area contributed by atoms with Crippen molar-refractivity contribution in [3.63, 3.8) is 0 Å². The molecular formula is C16H28N2O5. The molecule has 0 radical (unpaired) electrons. The average molecular weight is 328 g/mol. The van der Waals surface area contributed by atoms with Crippen molar-refractivity contribution in [1.82, 2.24) is 5.32 Å². The number of carbonyl (C=O) groups is 2. The van der Waals surface area contributed by atoms with E-state index in [0.717, 1.165) is 12.8 Å². The highest BCUT2D eigenvalue weighted by Crippen LogP contribution is 2.24. The largest absolute Gasteiger partial charge is 0.463 e. The van der Waals surface area contributed by atoms with Crippen molar-refractivity contribution in [2.24, 2.45) is 5.73 Å². The first-order valence-electron chi connectivity index (χ1n) is 8.15. The van der Waals surface area contributed by atoms with Crippen LogP contribution in [0.5, 0.6) is 0 Å². The van der Waals surface area contributed by atoms with Gasteiger partial charge in [-0.25, -0.2) is 4.79 Å². The SMILES string of the molecule is CCOC(=O)C1=C[C@@H](OC(CC)CC)[C@H](NC(=O)CO)[C@@H](N)C1. The summed E-state index contributed by atoms with van der Waals surface area (Å²) in [5.74, 6) is -0.926. The standard InChI is InChI=1S/C16H28N2O5/c1-4-11(5-2)23-13-8-10(16(21)22-6-3)7-12(17)15(13)18-14(20)9-19/h8,11-13,15,19H,4-7,9,17H2,1-3H3,(H,18,20)/t12-,13+,15+/m0/s1. The quantitative estimate of drug-likeness (QED) is 0.551. The van der Waals surface area contributed by atoms with Crippen molar-refractivity contribution in [2.45, 2.75) is 64.3 Å². The van der Waals surface area contributed by atoms with Crippen molar-refractivity contribution in [2.75, 3.05) is 13.2 Å². The molecule has 1 aliphatic carbocycles. The van der Waals surface area contributed by atoms with Crippen LogP contribution >= 0.6 is 0 Å². The van der Waals surface area contributed by atoms with Crippen LogP contribution in [-0.2, 0) is 19.1 Å². The van der Waals surface area contributed by atoms with Gasteiger partial charge in [-0.05, 0) is 32.3 Å². The molecule has 0 fully saturated rings. The fourth-order valence-electron chi connectivity index (χ4n) is 2.62. The van der Waals surface area contributed by atoms with E-state index in [-0.39, 0.29) is 19.1 Å². The highest BCUT2D eigenvalue weighted by Gasteiger charge is 2.36. The van der Waals surface area contributed by atoms with Gasteiger partial charge in [0, 0.05) is 11.6 Å². The number of hydrogen-bond acceptors (Lipinski definition) is 6. The average Bonchev–Trinajstić information content (AvgIpc) is 2.54. The second-order valence-electron chi connectivity index (χ2n) is 5.57. The van der Waals surface area contributed by atoms with Crippen molar-refractivity contribution in [3.05, 3.63) is 11.6 Å². The maximum absolute atomic E-state index is 12.0. The summed E-state index contributed by atoms with van der Waals surface area (Å²) in [6, 6.07) is -0.984. The molecule has 0 heterocycles. The van der Waals surface area contributed by atoms with Gasteiger partial charge in [0.2, 0.25) is 5.91 Å². The van der Waals surface area contributed by atoms with Gasteiger partial charge in [-0.1, -0.05) is 13.8 Å². The molecule has 0 aliphatic heterocycles. The van der Waals surface area contributed by atoms with Crippen LogP contribution in [-0.4, -0.2) is 54.5 Å². The zero-order chi connectivity index (χ0) is 17.4. The Morgan fingerprint density at radius 1 is 1.39 bits per heavy atom. The van der Waals surface area contributed by atoms with E-state index in [2.05, 4.69) is 5.32 Å². The first-order valence-corrected chi connectivity index (χ1v) is 8.15. The van der Waals surface area contributed by atoms with Crippen molar-refractivity contribution >= 4 is 11.9 Å². The van der Waals surface area contributed by atoms with Gasteiger partial charge in [0.1, 0.15) is 6.61 Å². The van der Waals surface area contributed by atoms with Crippen LogP contribution in [0, 0.1) is 0 Å². The lowest BCUT2D eigenvalue weighted by molar-refractivity contribution is -0.139. The Kier molecular flexibility index (Phi) is 8.22. The Balaban J connectivity index is 2.99. The molecule has 0 saturated carbocycles. The first kappa shape index (κ1) is 19.6. The Morgan fingerprint density at radius 3 is 2.57 bits per heavy atom. The molecule has 1 rings (SSSR count). The van der Waals surface area contributed by atoms with Gasteiger partial charge in [0.25, 0.3) is 0 Å². The molecule has 0 spiro atoms. The number of aliphatic hydroxyl groups excluding tert-OH is 1. The van der Waals surface area contributed by atoms with Gasteiger partial charge in [-0.2, -0.15) is 0 Å².